The Morgan fingerprint density at radius 1 is 1.16 bits per heavy atom. The van der Waals surface area contributed by atoms with E-state index in [9.17, 15) is 0 Å². The largest absolute Gasteiger partial charge is 0.496 e. The van der Waals surface area contributed by atoms with Gasteiger partial charge in [0.1, 0.15) is 17.4 Å². The predicted octanol–water partition coefficient (Wildman–Crippen LogP) is 3.20. The zero-order chi connectivity index (χ0) is 13.8. The van der Waals surface area contributed by atoms with Gasteiger partial charge in [0.05, 0.1) is 12.8 Å². The van der Waals surface area contributed by atoms with Crippen molar-refractivity contribution in [3.8, 4) is 17.0 Å². The lowest BCUT2D eigenvalue weighted by Crippen LogP contribution is -2.06. The Morgan fingerprint density at radius 2 is 1.89 bits per heavy atom. The molecule has 0 atom stereocenters. The highest BCUT2D eigenvalue weighted by atomic mass is 16.5. The molecule has 0 fully saturated rings. The van der Waals surface area contributed by atoms with Crippen LogP contribution in [0.3, 0.4) is 0 Å². The van der Waals surface area contributed by atoms with Crippen LogP contribution in [0.15, 0.2) is 24.3 Å². The molecule has 1 N–H and O–H groups in total. The van der Waals surface area contributed by atoms with Crippen molar-refractivity contribution in [1.29, 1.82) is 0 Å². The van der Waals surface area contributed by atoms with Gasteiger partial charge in [0.15, 0.2) is 0 Å². The Balaban J connectivity index is 2.61. The Bertz CT molecular complexity index is 582. The maximum absolute atomic E-state index is 5.41. The van der Waals surface area contributed by atoms with Gasteiger partial charge in [-0.25, -0.2) is 9.97 Å². The van der Waals surface area contributed by atoms with E-state index in [1.165, 1.54) is 0 Å². The summed E-state index contributed by atoms with van der Waals surface area (Å²) in [7, 11) is 1.67. The number of hydrogen-bond donors (Lipinski definition) is 1. The summed E-state index contributed by atoms with van der Waals surface area (Å²) in [5.41, 5.74) is 2.95. The Hall–Kier alpha value is -2.10. The van der Waals surface area contributed by atoms with Gasteiger partial charge in [0.25, 0.3) is 0 Å². The number of anilines is 1. The van der Waals surface area contributed by atoms with Crippen LogP contribution in [-0.2, 0) is 0 Å². The normalized spacial score (nSPS) is 10.3. The van der Waals surface area contributed by atoms with Gasteiger partial charge in [-0.1, -0.05) is 12.1 Å². The fourth-order valence-corrected chi connectivity index (χ4v) is 2.07. The molecule has 4 nitrogen and oxygen atoms in total. The first kappa shape index (κ1) is 13.3. The number of rotatable bonds is 4. The number of ether oxygens (including phenoxy) is 1. The second-order valence-corrected chi connectivity index (χ2v) is 4.32. The SMILES string of the molecule is CCNc1nc(C)nc(-c2ccccc2OC)c1C. The van der Waals surface area contributed by atoms with Crippen molar-refractivity contribution in [3.63, 3.8) is 0 Å². The van der Waals surface area contributed by atoms with E-state index < -0.39 is 0 Å². The molecule has 0 saturated heterocycles. The van der Waals surface area contributed by atoms with Crippen LogP contribution in [0.5, 0.6) is 5.75 Å². The number of para-hydroxylation sites is 1. The highest BCUT2D eigenvalue weighted by Crippen LogP contribution is 2.32. The minimum atomic E-state index is 0.752. The molecule has 2 rings (SSSR count). The van der Waals surface area contributed by atoms with Gasteiger partial charge in [0.2, 0.25) is 0 Å². The van der Waals surface area contributed by atoms with Gasteiger partial charge in [-0.05, 0) is 32.9 Å². The average molecular weight is 257 g/mol. The summed E-state index contributed by atoms with van der Waals surface area (Å²) in [6.07, 6.45) is 0. The molecular weight excluding hydrogens is 238 g/mol. The van der Waals surface area contributed by atoms with E-state index in [2.05, 4.69) is 22.2 Å². The molecule has 100 valence electrons. The summed E-state index contributed by atoms with van der Waals surface area (Å²) in [6, 6.07) is 7.90. The van der Waals surface area contributed by atoms with Crippen LogP contribution < -0.4 is 10.1 Å². The molecule has 1 aromatic heterocycles. The molecule has 0 bridgehead atoms. The quantitative estimate of drug-likeness (QED) is 0.913. The van der Waals surface area contributed by atoms with Crippen LogP contribution >= 0.6 is 0 Å². The molecule has 0 radical (unpaired) electrons. The molecule has 1 aromatic carbocycles. The van der Waals surface area contributed by atoms with Gasteiger partial charge < -0.3 is 10.1 Å². The van der Waals surface area contributed by atoms with Gasteiger partial charge in [0, 0.05) is 17.7 Å². The third-order valence-corrected chi connectivity index (χ3v) is 2.96. The summed E-state index contributed by atoms with van der Waals surface area (Å²) in [5, 5.41) is 3.27. The lowest BCUT2D eigenvalue weighted by molar-refractivity contribution is 0.416. The first-order valence-electron chi connectivity index (χ1n) is 6.39. The first-order chi connectivity index (χ1) is 9.17. The van der Waals surface area contributed by atoms with Gasteiger partial charge in [-0.3, -0.25) is 0 Å². The average Bonchev–Trinajstić information content (AvgIpc) is 2.42. The molecule has 0 saturated carbocycles. The van der Waals surface area contributed by atoms with Crippen molar-refractivity contribution in [3.05, 3.63) is 35.7 Å². The molecule has 4 heteroatoms. The van der Waals surface area contributed by atoms with Crippen LogP contribution in [0.4, 0.5) is 5.82 Å². The zero-order valence-corrected chi connectivity index (χ0v) is 11.8. The van der Waals surface area contributed by atoms with E-state index >= 15 is 0 Å². The van der Waals surface area contributed by atoms with Crippen molar-refractivity contribution in [2.75, 3.05) is 19.0 Å². The molecule has 0 aliphatic carbocycles. The standard InChI is InChI=1S/C15H19N3O/c1-5-16-15-10(2)14(17-11(3)18-15)12-8-6-7-9-13(12)19-4/h6-9H,5H2,1-4H3,(H,16,17,18). The van der Waals surface area contributed by atoms with Crippen LogP contribution in [0, 0.1) is 13.8 Å². The summed E-state index contributed by atoms with van der Waals surface area (Å²) in [5.74, 6) is 2.46. The number of methoxy groups -OCH3 is 1. The number of aromatic nitrogens is 2. The molecule has 2 aromatic rings. The molecule has 1 heterocycles. The fourth-order valence-electron chi connectivity index (χ4n) is 2.07. The van der Waals surface area contributed by atoms with Crippen LogP contribution in [0.25, 0.3) is 11.3 Å². The van der Waals surface area contributed by atoms with Crippen LogP contribution in [0.1, 0.15) is 18.3 Å². The summed E-state index contributed by atoms with van der Waals surface area (Å²) >= 11 is 0. The van der Waals surface area contributed by atoms with E-state index in [1.54, 1.807) is 7.11 Å². The molecule has 0 unspecified atom stereocenters. The van der Waals surface area contributed by atoms with E-state index in [0.717, 1.165) is 40.8 Å². The molecule has 0 aliphatic rings. The highest BCUT2D eigenvalue weighted by Gasteiger charge is 2.13. The van der Waals surface area contributed by atoms with Gasteiger partial charge >= 0.3 is 0 Å². The monoisotopic (exact) mass is 257 g/mol. The Labute approximate surface area is 113 Å². The van der Waals surface area contributed by atoms with E-state index in [1.807, 2.05) is 38.1 Å². The minimum Gasteiger partial charge on any atom is -0.496 e. The molecule has 0 amide bonds. The second-order valence-electron chi connectivity index (χ2n) is 4.32. The van der Waals surface area contributed by atoms with E-state index in [-0.39, 0.29) is 0 Å². The first-order valence-corrected chi connectivity index (χ1v) is 6.39. The predicted molar refractivity (Wildman–Crippen MR) is 77.7 cm³/mol. The number of hydrogen-bond acceptors (Lipinski definition) is 4. The lowest BCUT2D eigenvalue weighted by atomic mass is 10.1. The third kappa shape index (κ3) is 2.67. The topological polar surface area (TPSA) is 47.0 Å². The van der Waals surface area contributed by atoms with Crippen molar-refractivity contribution in [1.82, 2.24) is 9.97 Å². The lowest BCUT2D eigenvalue weighted by Gasteiger charge is -2.14. The maximum atomic E-state index is 5.41. The zero-order valence-electron chi connectivity index (χ0n) is 11.8. The Morgan fingerprint density at radius 3 is 2.58 bits per heavy atom. The third-order valence-electron chi connectivity index (χ3n) is 2.96. The summed E-state index contributed by atoms with van der Waals surface area (Å²) in [6.45, 7) is 6.82. The molecule has 0 aliphatic heterocycles. The molecule has 19 heavy (non-hydrogen) atoms. The number of nitrogens with zero attached hydrogens (tertiary/aromatic N) is 2. The van der Waals surface area contributed by atoms with Gasteiger partial charge in [-0.2, -0.15) is 0 Å². The number of benzene rings is 1. The van der Waals surface area contributed by atoms with Crippen LogP contribution in [-0.4, -0.2) is 23.6 Å². The molecule has 0 spiro atoms. The van der Waals surface area contributed by atoms with Crippen molar-refractivity contribution in [2.24, 2.45) is 0 Å². The Kier molecular flexibility index (Phi) is 4.00. The minimum absolute atomic E-state index is 0.752. The van der Waals surface area contributed by atoms with Gasteiger partial charge in [-0.15, -0.1) is 0 Å². The van der Waals surface area contributed by atoms with Crippen molar-refractivity contribution in [2.45, 2.75) is 20.8 Å². The fraction of sp³-hybridized carbons (Fsp3) is 0.333. The molecular formula is C15H19N3O. The summed E-state index contributed by atoms with van der Waals surface area (Å²) < 4.78 is 5.41. The summed E-state index contributed by atoms with van der Waals surface area (Å²) in [4.78, 5) is 9.00. The van der Waals surface area contributed by atoms with E-state index in [4.69, 9.17) is 4.74 Å². The van der Waals surface area contributed by atoms with Crippen LogP contribution in [0.2, 0.25) is 0 Å². The number of nitrogens with one attached hydrogen (secondary N) is 1. The van der Waals surface area contributed by atoms with E-state index in [0.29, 0.717) is 0 Å². The number of aryl methyl sites for hydroxylation is 1. The maximum Gasteiger partial charge on any atom is 0.133 e. The van der Waals surface area contributed by atoms with Crippen molar-refractivity contribution < 1.29 is 4.74 Å². The van der Waals surface area contributed by atoms with Crippen molar-refractivity contribution >= 4 is 5.82 Å². The second kappa shape index (κ2) is 5.69. The highest BCUT2D eigenvalue weighted by molar-refractivity contribution is 5.73. The smallest absolute Gasteiger partial charge is 0.133 e.